The van der Waals surface area contributed by atoms with E-state index in [4.69, 9.17) is 0 Å². The van der Waals surface area contributed by atoms with Gasteiger partial charge in [-0.1, -0.05) is 35.9 Å². The average Bonchev–Trinajstić information content (AvgIpc) is 2.59. The quantitative estimate of drug-likeness (QED) is 0.702. The van der Waals surface area contributed by atoms with Crippen molar-refractivity contribution >= 4 is 11.8 Å². The zero-order chi connectivity index (χ0) is 18.6. The Balaban J connectivity index is 1.89. The minimum absolute atomic E-state index is 0.128. The zero-order valence-corrected chi connectivity index (χ0v) is 15.7. The molecule has 2 heterocycles. The summed E-state index contributed by atoms with van der Waals surface area (Å²) in [6, 6.07) is 16.2. The molecule has 2 aromatic heterocycles. The van der Waals surface area contributed by atoms with E-state index in [0.29, 0.717) is 12.5 Å². The fourth-order valence-corrected chi connectivity index (χ4v) is 2.59. The topological polar surface area (TPSA) is 62.7 Å². The molecule has 0 amide bonds. The Morgan fingerprint density at radius 3 is 2.46 bits per heavy atom. The third kappa shape index (κ3) is 5.02. The number of anilines is 2. The van der Waals surface area contributed by atoms with Crippen LogP contribution in [0.3, 0.4) is 0 Å². The van der Waals surface area contributed by atoms with Crippen LogP contribution in [-0.2, 0) is 6.54 Å². The number of nitrogens with one attached hydrogen (secondary N) is 2. The van der Waals surface area contributed by atoms with E-state index in [-0.39, 0.29) is 5.54 Å². The summed E-state index contributed by atoms with van der Waals surface area (Å²) in [4.78, 5) is 13.7. The van der Waals surface area contributed by atoms with Crippen molar-refractivity contribution in [3.63, 3.8) is 0 Å². The standard InChI is InChI=1S/C21H25N5/c1-15-8-7-9-16(12-15)14-23-19-13-18(17-10-5-6-11-22-17)24-20(25-19)26-21(2,3)4/h5-13H,14H2,1-4H3,(H2,23,24,25,26). The molecule has 3 aromatic rings. The van der Waals surface area contributed by atoms with Gasteiger partial charge in [-0.05, 0) is 45.4 Å². The van der Waals surface area contributed by atoms with Gasteiger partial charge in [-0.15, -0.1) is 0 Å². The van der Waals surface area contributed by atoms with Gasteiger partial charge in [0.25, 0.3) is 0 Å². The number of rotatable bonds is 5. The minimum Gasteiger partial charge on any atom is -0.366 e. The molecule has 5 heteroatoms. The van der Waals surface area contributed by atoms with Crippen LogP contribution in [0.1, 0.15) is 31.9 Å². The molecule has 0 bridgehead atoms. The molecule has 0 radical (unpaired) electrons. The van der Waals surface area contributed by atoms with Gasteiger partial charge in [-0.3, -0.25) is 4.98 Å². The zero-order valence-electron chi connectivity index (χ0n) is 15.7. The first kappa shape index (κ1) is 17.9. The molecule has 5 nitrogen and oxygen atoms in total. The first-order valence-electron chi connectivity index (χ1n) is 8.77. The van der Waals surface area contributed by atoms with Gasteiger partial charge < -0.3 is 10.6 Å². The molecular formula is C21H25N5. The molecule has 26 heavy (non-hydrogen) atoms. The molecule has 0 spiro atoms. The van der Waals surface area contributed by atoms with Crippen molar-refractivity contribution in [1.82, 2.24) is 15.0 Å². The van der Waals surface area contributed by atoms with Gasteiger partial charge in [-0.2, -0.15) is 4.98 Å². The first-order valence-corrected chi connectivity index (χ1v) is 8.77. The highest BCUT2D eigenvalue weighted by Crippen LogP contribution is 2.21. The molecule has 0 aliphatic rings. The van der Waals surface area contributed by atoms with Crippen LogP contribution in [0.5, 0.6) is 0 Å². The van der Waals surface area contributed by atoms with Crippen LogP contribution in [0.15, 0.2) is 54.7 Å². The average molecular weight is 347 g/mol. The number of hydrogen-bond acceptors (Lipinski definition) is 5. The van der Waals surface area contributed by atoms with Crippen LogP contribution in [0.4, 0.5) is 11.8 Å². The molecule has 0 unspecified atom stereocenters. The van der Waals surface area contributed by atoms with Gasteiger partial charge in [0.1, 0.15) is 5.82 Å². The molecule has 0 saturated carbocycles. The summed E-state index contributed by atoms with van der Waals surface area (Å²) >= 11 is 0. The van der Waals surface area contributed by atoms with E-state index >= 15 is 0 Å². The van der Waals surface area contributed by atoms with Crippen LogP contribution in [0.2, 0.25) is 0 Å². The molecule has 0 atom stereocenters. The second-order valence-corrected chi connectivity index (χ2v) is 7.39. The molecular weight excluding hydrogens is 322 g/mol. The lowest BCUT2D eigenvalue weighted by molar-refractivity contribution is 0.626. The maximum atomic E-state index is 4.63. The Bertz CT molecular complexity index is 869. The summed E-state index contributed by atoms with van der Waals surface area (Å²) in [6.07, 6.45) is 1.77. The number of hydrogen-bond donors (Lipinski definition) is 2. The van der Waals surface area contributed by atoms with E-state index in [1.165, 1.54) is 11.1 Å². The minimum atomic E-state index is -0.128. The maximum Gasteiger partial charge on any atom is 0.225 e. The predicted octanol–water partition coefficient (Wildman–Crippen LogP) is 4.67. The highest BCUT2D eigenvalue weighted by Gasteiger charge is 2.14. The number of aromatic nitrogens is 3. The summed E-state index contributed by atoms with van der Waals surface area (Å²) in [6.45, 7) is 9.06. The fourth-order valence-electron chi connectivity index (χ4n) is 2.59. The predicted molar refractivity (Wildman–Crippen MR) is 107 cm³/mol. The number of nitrogens with zero attached hydrogens (tertiary/aromatic N) is 3. The molecule has 0 saturated heterocycles. The normalized spacial score (nSPS) is 11.2. The summed E-state index contributed by atoms with van der Waals surface area (Å²) in [5, 5.41) is 6.75. The number of aryl methyl sites for hydroxylation is 1. The summed E-state index contributed by atoms with van der Waals surface area (Å²) in [7, 11) is 0. The molecule has 0 aliphatic carbocycles. The van der Waals surface area contributed by atoms with E-state index in [0.717, 1.165) is 17.2 Å². The van der Waals surface area contributed by atoms with Gasteiger partial charge in [0.15, 0.2) is 0 Å². The van der Waals surface area contributed by atoms with Crippen LogP contribution in [0.25, 0.3) is 11.4 Å². The van der Waals surface area contributed by atoms with Crippen LogP contribution >= 0.6 is 0 Å². The SMILES string of the molecule is Cc1cccc(CNc2cc(-c3ccccn3)nc(NC(C)(C)C)n2)c1. The van der Waals surface area contributed by atoms with Gasteiger partial charge in [0, 0.05) is 24.3 Å². The Labute approximate surface area is 154 Å². The van der Waals surface area contributed by atoms with Gasteiger partial charge in [-0.25, -0.2) is 4.98 Å². The molecule has 3 rings (SSSR count). The third-order valence-corrected chi connectivity index (χ3v) is 3.70. The van der Waals surface area contributed by atoms with Crippen molar-refractivity contribution < 1.29 is 0 Å². The van der Waals surface area contributed by atoms with Crippen molar-refractivity contribution in [2.75, 3.05) is 10.6 Å². The van der Waals surface area contributed by atoms with Crippen molar-refractivity contribution in [1.29, 1.82) is 0 Å². The molecule has 2 N–H and O–H groups in total. The van der Waals surface area contributed by atoms with E-state index in [1.54, 1.807) is 6.20 Å². The third-order valence-electron chi connectivity index (χ3n) is 3.70. The maximum absolute atomic E-state index is 4.63. The Morgan fingerprint density at radius 1 is 0.923 bits per heavy atom. The Kier molecular flexibility index (Phi) is 5.16. The van der Waals surface area contributed by atoms with E-state index in [1.807, 2.05) is 24.3 Å². The summed E-state index contributed by atoms with van der Waals surface area (Å²) < 4.78 is 0. The second kappa shape index (κ2) is 7.52. The molecule has 134 valence electrons. The highest BCUT2D eigenvalue weighted by atomic mass is 15.2. The van der Waals surface area contributed by atoms with Crippen LogP contribution in [0, 0.1) is 6.92 Å². The summed E-state index contributed by atoms with van der Waals surface area (Å²) in [5.74, 6) is 1.36. The summed E-state index contributed by atoms with van der Waals surface area (Å²) in [5.41, 5.74) is 3.95. The van der Waals surface area contributed by atoms with Crippen molar-refractivity contribution in [2.24, 2.45) is 0 Å². The molecule has 0 fully saturated rings. The van der Waals surface area contributed by atoms with Crippen molar-refractivity contribution in [3.8, 4) is 11.4 Å². The number of benzene rings is 1. The lowest BCUT2D eigenvalue weighted by Crippen LogP contribution is -2.27. The second-order valence-electron chi connectivity index (χ2n) is 7.39. The molecule has 0 aliphatic heterocycles. The fraction of sp³-hybridized carbons (Fsp3) is 0.286. The van der Waals surface area contributed by atoms with Crippen LogP contribution in [-0.4, -0.2) is 20.5 Å². The van der Waals surface area contributed by atoms with Crippen molar-refractivity contribution in [3.05, 3.63) is 65.9 Å². The van der Waals surface area contributed by atoms with Gasteiger partial charge >= 0.3 is 0 Å². The monoisotopic (exact) mass is 347 g/mol. The Hall–Kier alpha value is -2.95. The highest BCUT2D eigenvalue weighted by molar-refractivity contribution is 5.61. The van der Waals surface area contributed by atoms with E-state index < -0.39 is 0 Å². The van der Waals surface area contributed by atoms with Gasteiger partial charge in [0.05, 0.1) is 11.4 Å². The lowest BCUT2D eigenvalue weighted by Gasteiger charge is -2.21. The lowest BCUT2D eigenvalue weighted by atomic mass is 10.1. The molecule has 1 aromatic carbocycles. The van der Waals surface area contributed by atoms with Gasteiger partial charge in [0.2, 0.25) is 5.95 Å². The van der Waals surface area contributed by atoms with E-state index in [2.05, 4.69) is 77.5 Å². The van der Waals surface area contributed by atoms with E-state index in [9.17, 15) is 0 Å². The smallest absolute Gasteiger partial charge is 0.225 e. The van der Waals surface area contributed by atoms with Crippen LogP contribution < -0.4 is 10.6 Å². The Morgan fingerprint density at radius 2 is 1.77 bits per heavy atom. The largest absolute Gasteiger partial charge is 0.366 e. The number of pyridine rings is 1. The first-order chi connectivity index (χ1) is 12.4. The van der Waals surface area contributed by atoms with Crippen molar-refractivity contribution in [2.45, 2.75) is 39.8 Å².